The first-order valence-corrected chi connectivity index (χ1v) is 6.66. The number of halogens is 1. The molecule has 0 aliphatic heterocycles. The van der Waals surface area contributed by atoms with Crippen LogP contribution in [0, 0.1) is 6.92 Å². The molecule has 0 saturated heterocycles. The van der Waals surface area contributed by atoms with E-state index in [2.05, 4.69) is 17.2 Å². The molecule has 0 aliphatic carbocycles. The number of nitrogens with one attached hydrogen (secondary N) is 1. The van der Waals surface area contributed by atoms with Crippen molar-refractivity contribution >= 4 is 17.3 Å². The second kappa shape index (κ2) is 5.93. The van der Waals surface area contributed by atoms with Crippen molar-refractivity contribution in [3.8, 4) is 5.75 Å². The SMILES string of the molecule is CCC(Nc1c(C)ccnc1Cl)c1ccc(O)cc1. The smallest absolute Gasteiger partial charge is 0.152 e. The first-order chi connectivity index (χ1) is 9.11. The predicted octanol–water partition coefficient (Wildman–Crippen LogP) is 4.31. The van der Waals surface area contributed by atoms with E-state index in [-0.39, 0.29) is 11.8 Å². The number of aromatic hydroxyl groups is 1. The van der Waals surface area contributed by atoms with E-state index in [0.717, 1.165) is 23.2 Å². The van der Waals surface area contributed by atoms with Crippen molar-refractivity contribution in [3.05, 3.63) is 52.8 Å². The van der Waals surface area contributed by atoms with Crippen LogP contribution in [0.4, 0.5) is 5.69 Å². The van der Waals surface area contributed by atoms with Crippen LogP contribution in [0.2, 0.25) is 5.15 Å². The zero-order valence-corrected chi connectivity index (χ0v) is 11.8. The maximum absolute atomic E-state index is 9.34. The summed E-state index contributed by atoms with van der Waals surface area (Å²) in [5, 5.41) is 13.2. The third-order valence-electron chi connectivity index (χ3n) is 3.14. The third-order valence-corrected chi connectivity index (χ3v) is 3.42. The fraction of sp³-hybridized carbons (Fsp3) is 0.267. The zero-order chi connectivity index (χ0) is 13.8. The Kier molecular flexibility index (Phi) is 4.27. The van der Waals surface area contributed by atoms with Crippen molar-refractivity contribution in [2.75, 3.05) is 5.32 Å². The number of phenolic OH excluding ortho intramolecular Hbond substituents is 1. The molecule has 0 spiro atoms. The van der Waals surface area contributed by atoms with Gasteiger partial charge in [-0.05, 0) is 42.7 Å². The molecule has 100 valence electrons. The summed E-state index contributed by atoms with van der Waals surface area (Å²) in [4.78, 5) is 4.10. The van der Waals surface area contributed by atoms with Gasteiger partial charge in [0.05, 0.1) is 11.7 Å². The summed E-state index contributed by atoms with van der Waals surface area (Å²) in [6, 6.07) is 9.28. The quantitative estimate of drug-likeness (QED) is 0.818. The summed E-state index contributed by atoms with van der Waals surface area (Å²) in [5.41, 5.74) is 3.04. The maximum atomic E-state index is 9.34. The summed E-state index contributed by atoms with van der Waals surface area (Å²) in [5.74, 6) is 0.272. The van der Waals surface area contributed by atoms with Crippen LogP contribution in [0.15, 0.2) is 36.5 Å². The highest BCUT2D eigenvalue weighted by Gasteiger charge is 2.13. The van der Waals surface area contributed by atoms with E-state index in [9.17, 15) is 5.11 Å². The Morgan fingerprint density at radius 1 is 1.26 bits per heavy atom. The molecule has 3 nitrogen and oxygen atoms in total. The topological polar surface area (TPSA) is 45.2 Å². The molecule has 2 aromatic rings. The largest absolute Gasteiger partial charge is 0.508 e. The number of aromatic nitrogens is 1. The van der Waals surface area contributed by atoms with Crippen LogP contribution in [0.25, 0.3) is 0 Å². The number of hydrogen-bond donors (Lipinski definition) is 2. The number of benzene rings is 1. The summed E-state index contributed by atoms with van der Waals surface area (Å²) >= 11 is 6.13. The van der Waals surface area contributed by atoms with Gasteiger partial charge in [-0.25, -0.2) is 4.98 Å². The molecule has 1 heterocycles. The monoisotopic (exact) mass is 276 g/mol. The van der Waals surface area contributed by atoms with Gasteiger partial charge in [0, 0.05) is 6.20 Å². The van der Waals surface area contributed by atoms with Gasteiger partial charge in [0.15, 0.2) is 5.15 Å². The normalized spacial score (nSPS) is 12.2. The maximum Gasteiger partial charge on any atom is 0.152 e. The van der Waals surface area contributed by atoms with Crippen LogP contribution in [-0.4, -0.2) is 10.1 Å². The van der Waals surface area contributed by atoms with E-state index in [1.165, 1.54) is 0 Å². The lowest BCUT2D eigenvalue weighted by molar-refractivity contribution is 0.475. The van der Waals surface area contributed by atoms with Gasteiger partial charge in [-0.1, -0.05) is 30.7 Å². The van der Waals surface area contributed by atoms with Crippen molar-refractivity contribution in [1.82, 2.24) is 4.98 Å². The van der Waals surface area contributed by atoms with Gasteiger partial charge in [0.25, 0.3) is 0 Å². The van der Waals surface area contributed by atoms with Crippen LogP contribution in [-0.2, 0) is 0 Å². The molecule has 4 heteroatoms. The molecule has 2 rings (SSSR count). The number of aryl methyl sites for hydroxylation is 1. The summed E-state index contributed by atoms with van der Waals surface area (Å²) in [7, 11) is 0. The van der Waals surface area contributed by atoms with Gasteiger partial charge >= 0.3 is 0 Å². The molecular formula is C15H17ClN2O. The summed E-state index contributed by atoms with van der Waals surface area (Å²) in [6.45, 7) is 4.10. The molecule has 1 aromatic heterocycles. The molecule has 2 N–H and O–H groups in total. The fourth-order valence-corrected chi connectivity index (χ4v) is 2.26. The lowest BCUT2D eigenvalue weighted by atomic mass is 10.0. The van der Waals surface area contributed by atoms with Gasteiger partial charge in [0.2, 0.25) is 0 Å². The Morgan fingerprint density at radius 3 is 2.53 bits per heavy atom. The summed E-state index contributed by atoms with van der Waals surface area (Å²) < 4.78 is 0. The van der Waals surface area contributed by atoms with Crippen molar-refractivity contribution in [2.45, 2.75) is 26.3 Å². The van der Waals surface area contributed by atoms with Crippen molar-refractivity contribution in [1.29, 1.82) is 0 Å². The second-order valence-electron chi connectivity index (χ2n) is 4.49. The molecule has 0 aliphatic rings. The number of rotatable bonds is 4. The molecule has 19 heavy (non-hydrogen) atoms. The zero-order valence-electron chi connectivity index (χ0n) is 11.0. The number of anilines is 1. The van der Waals surface area contributed by atoms with Gasteiger partial charge in [-0.3, -0.25) is 0 Å². The highest BCUT2D eigenvalue weighted by atomic mass is 35.5. The van der Waals surface area contributed by atoms with E-state index in [0.29, 0.717) is 5.15 Å². The average Bonchev–Trinajstić information content (AvgIpc) is 2.40. The van der Waals surface area contributed by atoms with Crippen LogP contribution < -0.4 is 5.32 Å². The molecule has 0 bridgehead atoms. The molecule has 0 amide bonds. The average molecular weight is 277 g/mol. The van der Waals surface area contributed by atoms with Crippen LogP contribution in [0.3, 0.4) is 0 Å². The number of hydrogen-bond acceptors (Lipinski definition) is 3. The number of phenols is 1. The molecule has 1 aromatic carbocycles. The summed E-state index contributed by atoms with van der Waals surface area (Å²) in [6.07, 6.45) is 2.61. The Balaban J connectivity index is 2.26. The fourth-order valence-electron chi connectivity index (χ4n) is 2.00. The number of nitrogens with zero attached hydrogens (tertiary/aromatic N) is 1. The van der Waals surface area contributed by atoms with Crippen LogP contribution in [0.1, 0.15) is 30.5 Å². The van der Waals surface area contributed by atoms with Gasteiger partial charge in [-0.15, -0.1) is 0 Å². The van der Waals surface area contributed by atoms with E-state index in [4.69, 9.17) is 11.6 Å². The predicted molar refractivity (Wildman–Crippen MR) is 78.7 cm³/mol. The van der Waals surface area contributed by atoms with Crippen LogP contribution >= 0.6 is 11.6 Å². The van der Waals surface area contributed by atoms with Crippen molar-refractivity contribution in [3.63, 3.8) is 0 Å². The van der Waals surface area contributed by atoms with E-state index in [1.807, 2.05) is 25.1 Å². The van der Waals surface area contributed by atoms with E-state index in [1.54, 1.807) is 18.3 Å². The van der Waals surface area contributed by atoms with Gasteiger partial charge in [-0.2, -0.15) is 0 Å². The molecule has 0 fully saturated rings. The first kappa shape index (κ1) is 13.7. The minimum Gasteiger partial charge on any atom is -0.508 e. The minimum atomic E-state index is 0.140. The molecule has 0 radical (unpaired) electrons. The highest BCUT2D eigenvalue weighted by molar-refractivity contribution is 6.32. The molecule has 1 atom stereocenters. The molecule has 0 saturated carbocycles. The van der Waals surface area contributed by atoms with E-state index >= 15 is 0 Å². The minimum absolute atomic E-state index is 0.140. The lowest BCUT2D eigenvalue weighted by Gasteiger charge is -2.20. The Bertz CT molecular complexity index is 534. The van der Waals surface area contributed by atoms with Crippen LogP contribution in [0.5, 0.6) is 5.75 Å². The van der Waals surface area contributed by atoms with Crippen molar-refractivity contribution < 1.29 is 5.11 Å². The molecular weight excluding hydrogens is 260 g/mol. The Labute approximate surface area is 118 Å². The van der Waals surface area contributed by atoms with Gasteiger partial charge < -0.3 is 10.4 Å². The lowest BCUT2D eigenvalue weighted by Crippen LogP contribution is -2.11. The number of pyridine rings is 1. The van der Waals surface area contributed by atoms with E-state index < -0.39 is 0 Å². The third kappa shape index (κ3) is 3.18. The molecule has 1 unspecified atom stereocenters. The highest BCUT2D eigenvalue weighted by Crippen LogP contribution is 2.29. The van der Waals surface area contributed by atoms with Gasteiger partial charge in [0.1, 0.15) is 5.75 Å². The standard InChI is InChI=1S/C15H17ClN2O/c1-3-13(11-4-6-12(19)7-5-11)18-14-10(2)8-9-17-15(14)16/h4-9,13,18-19H,3H2,1-2H3. The second-order valence-corrected chi connectivity index (χ2v) is 4.85. The Hall–Kier alpha value is -1.74. The first-order valence-electron chi connectivity index (χ1n) is 6.28. The van der Waals surface area contributed by atoms with Crippen molar-refractivity contribution in [2.24, 2.45) is 0 Å². The Morgan fingerprint density at radius 2 is 1.95 bits per heavy atom.